The monoisotopic (exact) mass is 272 g/mol. The molecule has 0 radical (unpaired) electrons. The minimum atomic E-state index is -0.0262. The van der Waals surface area contributed by atoms with Crippen molar-refractivity contribution in [2.24, 2.45) is 7.05 Å². The van der Waals surface area contributed by atoms with Gasteiger partial charge in [0, 0.05) is 13.2 Å². The molecule has 0 spiro atoms. The molecule has 1 aromatic carbocycles. The SMILES string of the molecule is CCCOc1ccccc1C(=O)c1cn(C)nc1CC. The van der Waals surface area contributed by atoms with Crippen molar-refractivity contribution >= 4 is 5.78 Å². The van der Waals surface area contributed by atoms with E-state index in [2.05, 4.69) is 5.10 Å². The lowest BCUT2D eigenvalue weighted by atomic mass is 10.0. The molecule has 0 aliphatic carbocycles. The Morgan fingerprint density at radius 1 is 1.25 bits per heavy atom. The standard InChI is InChI=1S/C16H20N2O2/c1-4-10-20-15-9-7-6-8-12(15)16(19)13-11-18(3)17-14(13)5-2/h6-9,11H,4-5,10H2,1-3H3. The van der Waals surface area contributed by atoms with E-state index in [1.54, 1.807) is 16.9 Å². The van der Waals surface area contributed by atoms with Gasteiger partial charge in [-0.25, -0.2) is 0 Å². The molecular formula is C16H20N2O2. The summed E-state index contributed by atoms with van der Waals surface area (Å²) in [5.41, 5.74) is 2.08. The highest BCUT2D eigenvalue weighted by Gasteiger charge is 2.19. The fourth-order valence-corrected chi connectivity index (χ4v) is 2.12. The quantitative estimate of drug-likeness (QED) is 0.759. The number of aromatic nitrogens is 2. The average molecular weight is 272 g/mol. The van der Waals surface area contributed by atoms with Crippen LogP contribution in [0.5, 0.6) is 5.75 Å². The van der Waals surface area contributed by atoms with Crippen molar-refractivity contribution < 1.29 is 9.53 Å². The molecule has 0 atom stereocenters. The number of rotatable bonds is 6. The van der Waals surface area contributed by atoms with Gasteiger partial charge in [0.1, 0.15) is 5.75 Å². The Kier molecular flexibility index (Phi) is 4.56. The molecule has 0 saturated carbocycles. The van der Waals surface area contributed by atoms with Crippen molar-refractivity contribution in [3.8, 4) is 5.75 Å². The van der Waals surface area contributed by atoms with E-state index in [1.807, 2.05) is 39.1 Å². The third kappa shape index (κ3) is 2.90. The van der Waals surface area contributed by atoms with E-state index in [-0.39, 0.29) is 5.78 Å². The second kappa shape index (κ2) is 6.37. The summed E-state index contributed by atoms with van der Waals surface area (Å²) in [6, 6.07) is 7.38. The Morgan fingerprint density at radius 3 is 2.70 bits per heavy atom. The van der Waals surface area contributed by atoms with Crippen molar-refractivity contribution in [1.82, 2.24) is 9.78 Å². The number of carbonyl (C=O) groups excluding carboxylic acids is 1. The lowest BCUT2D eigenvalue weighted by Gasteiger charge is -2.09. The van der Waals surface area contributed by atoms with Crippen molar-refractivity contribution in [3.05, 3.63) is 47.3 Å². The molecular weight excluding hydrogens is 252 g/mol. The molecule has 4 heteroatoms. The number of carbonyl (C=O) groups is 1. The second-order valence-corrected chi connectivity index (χ2v) is 4.69. The molecule has 0 bridgehead atoms. The Bertz CT molecular complexity index is 602. The van der Waals surface area contributed by atoms with Gasteiger partial charge < -0.3 is 4.74 Å². The van der Waals surface area contributed by atoms with E-state index in [9.17, 15) is 4.79 Å². The molecule has 1 aromatic heterocycles. The number of hydrogen-bond donors (Lipinski definition) is 0. The predicted octanol–water partition coefficient (Wildman–Crippen LogP) is 3.00. The summed E-state index contributed by atoms with van der Waals surface area (Å²) in [6.45, 7) is 4.65. The third-order valence-corrected chi connectivity index (χ3v) is 3.08. The first-order valence-electron chi connectivity index (χ1n) is 6.96. The number of nitrogens with zero attached hydrogens (tertiary/aromatic N) is 2. The number of benzene rings is 1. The van der Waals surface area contributed by atoms with Crippen LogP contribution in [-0.4, -0.2) is 22.2 Å². The van der Waals surface area contributed by atoms with E-state index < -0.39 is 0 Å². The Labute approximate surface area is 119 Å². The van der Waals surface area contributed by atoms with E-state index in [0.717, 1.165) is 18.5 Å². The van der Waals surface area contributed by atoms with Crippen molar-refractivity contribution in [3.63, 3.8) is 0 Å². The summed E-state index contributed by atoms with van der Waals surface area (Å²) in [4.78, 5) is 12.7. The van der Waals surface area contributed by atoms with Gasteiger partial charge in [0.05, 0.1) is 23.4 Å². The number of ketones is 1. The van der Waals surface area contributed by atoms with E-state index in [4.69, 9.17) is 4.74 Å². The van der Waals surface area contributed by atoms with Crippen LogP contribution in [0.1, 0.15) is 41.9 Å². The fraction of sp³-hybridized carbons (Fsp3) is 0.375. The van der Waals surface area contributed by atoms with E-state index in [0.29, 0.717) is 23.5 Å². The molecule has 0 aliphatic rings. The molecule has 106 valence electrons. The summed E-state index contributed by atoms with van der Waals surface area (Å²) >= 11 is 0. The lowest BCUT2D eigenvalue weighted by molar-refractivity contribution is 0.103. The van der Waals surface area contributed by atoms with Gasteiger partial charge >= 0.3 is 0 Å². The van der Waals surface area contributed by atoms with Crippen LogP contribution >= 0.6 is 0 Å². The summed E-state index contributed by atoms with van der Waals surface area (Å²) in [5.74, 6) is 0.618. The molecule has 0 N–H and O–H groups in total. The van der Waals surface area contributed by atoms with Gasteiger partial charge in [0.25, 0.3) is 0 Å². The van der Waals surface area contributed by atoms with Crippen LogP contribution in [0.2, 0.25) is 0 Å². The molecule has 20 heavy (non-hydrogen) atoms. The predicted molar refractivity (Wildman–Crippen MR) is 78.2 cm³/mol. The smallest absolute Gasteiger partial charge is 0.200 e. The van der Waals surface area contributed by atoms with Gasteiger partial charge in [-0.2, -0.15) is 5.10 Å². The van der Waals surface area contributed by atoms with Crippen molar-refractivity contribution in [2.75, 3.05) is 6.61 Å². The minimum Gasteiger partial charge on any atom is -0.493 e. The summed E-state index contributed by atoms with van der Waals surface area (Å²) < 4.78 is 7.34. The molecule has 4 nitrogen and oxygen atoms in total. The summed E-state index contributed by atoms with van der Waals surface area (Å²) in [7, 11) is 1.83. The van der Waals surface area contributed by atoms with Crippen LogP contribution in [-0.2, 0) is 13.5 Å². The highest BCUT2D eigenvalue weighted by Crippen LogP contribution is 2.23. The van der Waals surface area contributed by atoms with Gasteiger partial charge in [0.2, 0.25) is 0 Å². The Morgan fingerprint density at radius 2 is 2.00 bits per heavy atom. The first kappa shape index (κ1) is 14.3. The highest BCUT2D eigenvalue weighted by molar-refractivity contribution is 6.11. The van der Waals surface area contributed by atoms with Gasteiger partial charge in [-0.1, -0.05) is 26.0 Å². The molecule has 0 aliphatic heterocycles. The Balaban J connectivity index is 2.37. The topological polar surface area (TPSA) is 44.1 Å². The number of ether oxygens (including phenoxy) is 1. The summed E-state index contributed by atoms with van der Waals surface area (Å²) in [5, 5.41) is 4.32. The fourth-order valence-electron chi connectivity index (χ4n) is 2.12. The van der Waals surface area contributed by atoms with Gasteiger partial charge in [-0.05, 0) is 25.0 Å². The van der Waals surface area contributed by atoms with E-state index in [1.165, 1.54) is 0 Å². The second-order valence-electron chi connectivity index (χ2n) is 4.69. The maximum atomic E-state index is 12.7. The van der Waals surface area contributed by atoms with Crippen LogP contribution in [0, 0.1) is 0 Å². The first-order chi connectivity index (χ1) is 9.67. The largest absolute Gasteiger partial charge is 0.493 e. The Hall–Kier alpha value is -2.10. The number of aryl methyl sites for hydroxylation is 2. The number of hydrogen-bond acceptors (Lipinski definition) is 3. The molecule has 2 rings (SSSR count). The zero-order valence-corrected chi connectivity index (χ0v) is 12.2. The third-order valence-electron chi connectivity index (χ3n) is 3.08. The summed E-state index contributed by atoms with van der Waals surface area (Å²) in [6.07, 6.45) is 3.42. The maximum absolute atomic E-state index is 12.7. The van der Waals surface area contributed by atoms with Crippen LogP contribution in [0.25, 0.3) is 0 Å². The average Bonchev–Trinajstić information content (AvgIpc) is 2.85. The van der Waals surface area contributed by atoms with Crippen molar-refractivity contribution in [1.29, 1.82) is 0 Å². The maximum Gasteiger partial charge on any atom is 0.200 e. The van der Waals surface area contributed by atoms with Gasteiger partial charge in [0.15, 0.2) is 5.78 Å². The zero-order chi connectivity index (χ0) is 14.5. The normalized spacial score (nSPS) is 10.6. The van der Waals surface area contributed by atoms with E-state index >= 15 is 0 Å². The van der Waals surface area contributed by atoms with Gasteiger partial charge in [-0.3, -0.25) is 9.48 Å². The van der Waals surface area contributed by atoms with Gasteiger partial charge in [-0.15, -0.1) is 0 Å². The first-order valence-corrected chi connectivity index (χ1v) is 6.96. The zero-order valence-electron chi connectivity index (χ0n) is 12.2. The number of para-hydroxylation sites is 1. The minimum absolute atomic E-state index is 0.0262. The van der Waals surface area contributed by atoms with Crippen LogP contribution < -0.4 is 4.74 Å². The molecule has 0 unspecified atom stereocenters. The molecule has 0 fully saturated rings. The van der Waals surface area contributed by atoms with Crippen LogP contribution in [0.15, 0.2) is 30.5 Å². The highest BCUT2D eigenvalue weighted by atomic mass is 16.5. The van der Waals surface area contributed by atoms with Crippen LogP contribution in [0.4, 0.5) is 0 Å². The molecule has 1 heterocycles. The van der Waals surface area contributed by atoms with Crippen molar-refractivity contribution in [2.45, 2.75) is 26.7 Å². The molecule has 0 saturated heterocycles. The van der Waals surface area contributed by atoms with Crippen LogP contribution in [0.3, 0.4) is 0 Å². The lowest BCUT2D eigenvalue weighted by Crippen LogP contribution is -2.07. The molecule has 0 amide bonds. The molecule has 2 aromatic rings.